The number of nitrogens with one attached hydrogen (secondary N) is 1. The lowest BCUT2D eigenvalue weighted by atomic mass is 9.98. The molecule has 0 aromatic heterocycles. The summed E-state index contributed by atoms with van der Waals surface area (Å²) in [4.78, 5) is 13.2. The standard InChI is InChI=1S/C17H24F2N2O2/c1-12(22)20-7-6-14-5-3-4-8-21(14)11-13-9-15(18)17(23-2)16(19)10-13/h9-10,14H,3-8,11H2,1-2H3,(H,20,22). The van der Waals surface area contributed by atoms with E-state index in [1.54, 1.807) is 0 Å². The first-order chi connectivity index (χ1) is 11.0. The molecular weight excluding hydrogens is 302 g/mol. The Bertz CT molecular complexity index is 528. The Labute approximate surface area is 135 Å². The topological polar surface area (TPSA) is 41.6 Å². The number of likely N-dealkylation sites (tertiary alicyclic amines) is 1. The molecule has 0 spiro atoms. The second-order valence-electron chi connectivity index (χ2n) is 5.98. The molecule has 1 aliphatic rings. The number of rotatable bonds is 6. The molecule has 6 heteroatoms. The summed E-state index contributed by atoms with van der Waals surface area (Å²) < 4.78 is 32.4. The predicted molar refractivity (Wildman–Crippen MR) is 84.3 cm³/mol. The first kappa shape index (κ1) is 17.7. The van der Waals surface area contributed by atoms with Crippen molar-refractivity contribution in [1.29, 1.82) is 0 Å². The van der Waals surface area contributed by atoms with E-state index in [4.69, 9.17) is 4.74 Å². The van der Waals surface area contributed by atoms with Gasteiger partial charge in [0.05, 0.1) is 7.11 Å². The van der Waals surface area contributed by atoms with Gasteiger partial charge in [-0.3, -0.25) is 9.69 Å². The van der Waals surface area contributed by atoms with Gasteiger partial charge in [-0.1, -0.05) is 6.42 Å². The first-order valence-electron chi connectivity index (χ1n) is 8.01. The van der Waals surface area contributed by atoms with Crippen LogP contribution in [0.2, 0.25) is 0 Å². The van der Waals surface area contributed by atoms with E-state index in [1.165, 1.54) is 26.2 Å². The molecular formula is C17H24F2N2O2. The van der Waals surface area contributed by atoms with Crippen LogP contribution >= 0.6 is 0 Å². The maximum absolute atomic E-state index is 13.8. The van der Waals surface area contributed by atoms with Crippen LogP contribution in [0.3, 0.4) is 0 Å². The van der Waals surface area contributed by atoms with E-state index in [1.807, 2.05) is 0 Å². The van der Waals surface area contributed by atoms with Gasteiger partial charge in [-0.2, -0.15) is 0 Å². The Hall–Kier alpha value is -1.69. The van der Waals surface area contributed by atoms with Gasteiger partial charge in [0.25, 0.3) is 0 Å². The van der Waals surface area contributed by atoms with Crippen LogP contribution in [0.4, 0.5) is 8.78 Å². The molecule has 1 saturated heterocycles. The number of carbonyl (C=O) groups is 1. The largest absolute Gasteiger partial charge is 0.491 e. The highest BCUT2D eigenvalue weighted by molar-refractivity contribution is 5.72. The Morgan fingerprint density at radius 2 is 2.04 bits per heavy atom. The van der Waals surface area contributed by atoms with E-state index in [9.17, 15) is 13.6 Å². The molecule has 1 aromatic carbocycles. The van der Waals surface area contributed by atoms with E-state index < -0.39 is 11.6 Å². The summed E-state index contributed by atoms with van der Waals surface area (Å²) >= 11 is 0. The van der Waals surface area contributed by atoms with E-state index in [0.717, 1.165) is 32.2 Å². The summed E-state index contributed by atoms with van der Waals surface area (Å²) in [6.07, 6.45) is 4.12. The minimum Gasteiger partial charge on any atom is -0.491 e. The molecule has 1 atom stereocenters. The molecule has 1 N–H and O–H groups in total. The fourth-order valence-electron chi connectivity index (χ4n) is 3.14. The minimum atomic E-state index is -0.672. The van der Waals surface area contributed by atoms with Crippen LogP contribution in [0.15, 0.2) is 12.1 Å². The van der Waals surface area contributed by atoms with Crippen molar-refractivity contribution in [2.45, 2.75) is 45.2 Å². The van der Waals surface area contributed by atoms with Gasteiger partial charge in [0.1, 0.15) is 0 Å². The van der Waals surface area contributed by atoms with Gasteiger partial charge >= 0.3 is 0 Å². The van der Waals surface area contributed by atoms with Gasteiger partial charge < -0.3 is 10.1 Å². The van der Waals surface area contributed by atoms with E-state index in [2.05, 4.69) is 10.2 Å². The van der Waals surface area contributed by atoms with Crippen LogP contribution in [0, 0.1) is 11.6 Å². The monoisotopic (exact) mass is 326 g/mol. The zero-order valence-electron chi connectivity index (χ0n) is 13.7. The predicted octanol–water partition coefficient (Wildman–Crippen LogP) is 2.85. The smallest absolute Gasteiger partial charge is 0.216 e. The first-order valence-corrected chi connectivity index (χ1v) is 8.01. The highest BCUT2D eigenvalue weighted by atomic mass is 19.1. The Morgan fingerprint density at radius 3 is 2.65 bits per heavy atom. The lowest BCUT2D eigenvalue weighted by Crippen LogP contribution is -2.41. The van der Waals surface area contributed by atoms with Crippen LogP contribution in [0.5, 0.6) is 5.75 Å². The number of methoxy groups -OCH3 is 1. The van der Waals surface area contributed by atoms with Gasteiger partial charge in [-0.15, -0.1) is 0 Å². The summed E-state index contributed by atoms with van der Waals surface area (Å²) in [5.74, 6) is -1.72. The van der Waals surface area contributed by atoms with Gasteiger partial charge in [0, 0.05) is 26.1 Å². The van der Waals surface area contributed by atoms with Crippen LogP contribution in [-0.2, 0) is 11.3 Å². The molecule has 1 aromatic rings. The third-order valence-electron chi connectivity index (χ3n) is 4.25. The summed E-state index contributed by atoms with van der Waals surface area (Å²) in [6, 6.07) is 2.99. The zero-order valence-corrected chi connectivity index (χ0v) is 13.7. The summed E-state index contributed by atoms with van der Waals surface area (Å²) in [5.41, 5.74) is 0.604. The summed E-state index contributed by atoms with van der Waals surface area (Å²) in [7, 11) is 1.25. The number of amides is 1. The summed E-state index contributed by atoms with van der Waals surface area (Å²) in [5, 5.41) is 2.81. The second-order valence-corrected chi connectivity index (χ2v) is 5.98. The van der Waals surface area contributed by atoms with Crippen molar-refractivity contribution in [3.63, 3.8) is 0 Å². The number of hydrogen-bond acceptors (Lipinski definition) is 3. The normalized spacial score (nSPS) is 18.7. The number of piperidine rings is 1. The molecule has 1 fully saturated rings. The van der Waals surface area contributed by atoms with Gasteiger partial charge in [-0.05, 0) is 43.5 Å². The van der Waals surface area contributed by atoms with Crippen LogP contribution in [-0.4, -0.2) is 37.0 Å². The fraction of sp³-hybridized carbons (Fsp3) is 0.588. The van der Waals surface area contributed by atoms with Crippen LogP contribution in [0.25, 0.3) is 0 Å². The lowest BCUT2D eigenvalue weighted by Gasteiger charge is -2.36. The number of halogens is 2. The van der Waals surface area contributed by atoms with Gasteiger partial charge in [-0.25, -0.2) is 8.78 Å². The molecule has 0 aliphatic carbocycles. The van der Waals surface area contributed by atoms with Crippen molar-refractivity contribution in [3.8, 4) is 5.75 Å². The van der Waals surface area contributed by atoms with Gasteiger partial charge in [0.15, 0.2) is 17.4 Å². The van der Waals surface area contributed by atoms with Crippen molar-refractivity contribution in [2.24, 2.45) is 0 Å². The second kappa shape index (κ2) is 8.24. The number of carbonyl (C=O) groups excluding carboxylic acids is 1. The molecule has 23 heavy (non-hydrogen) atoms. The fourth-order valence-corrected chi connectivity index (χ4v) is 3.14. The third kappa shape index (κ3) is 4.89. The van der Waals surface area contributed by atoms with E-state index in [0.29, 0.717) is 24.7 Å². The number of benzene rings is 1. The van der Waals surface area contributed by atoms with Crippen molar-refractivity contribution in [3.05, 3.63) is 29.3 Å². The van der Waals surface area contributed by atoms with Crippen molar-refractivity contribution in [2.75, 3.05) is 20.2 Å². The highest BCUT2D eigenvalue weighted by Gasteiger charge is 2.23. The molecule has 128 valence electrons. The molecule has 0 saturated carbocycles. The Morgan fingerprint density at radius 1 is 1.35 bits per heavy atom. The Balaban J connectivity index is 2.02. The SMILES string of the molecule is COc1c(F)cc(CN2CCCCC2CCNC(C)=O)cc1F. The molecule has 4 nitrogen and oxygen atoms in total. The van der Waals surface area contributed by atoms with Crippen LogP contribution < -0.4 is 10.1 Å². The molecule has 1 amide bonds. The number of nitrogens with zero attached hydrogens (tertiary/aromatic N) is 1. The maximum atomic E-state index is 13.8. The quantitative estimate of drug-likeness (QED) is 0.874. The number of hydrogen-bond donors (Lipinski definition) is 1. The molecule has 1 unspecified atom stereocenters. The number of ether oxygens (including phenoxy) is 1. The van der Waals surface area contributed by atoms with E-state index in [-0.39, 0.29) is 11.7 Å². The van der Waals surface area contributed by atoms with Gasteiger partial charge in [0.2, 0.25) is 5.91 Å². The summed E-state index contributed by atoms with van der Waals surface area (Å²) in [6.45, 7) is 3.53. The average Bonchev–Trinajstić information content (AvgIpc) is 2.48. The van der Waals surface area contributed by atoms with Crippen LogP contribution in [0.1, 0.15) is 38.2 Å². The third-order valence-corrected chi connectivity index (χ3v) is 4.25. The van der Waals surface area contributed by atoms with Crippen molar-refractivity contribution < 1.29 is 18.3 Å². The highest BCUT2D eigenvalue weighted by Crippen LogP contribution is 2.26. The van der Waals surface area contributed by atoms with Crippen molar-refractivity contribution in [1.82, 2.24) is 10.2 Å². The molecule has 1 aliphatic heterocycles. The minimum absolute atomic E-state index is 0.0355. The maximum Gasteiger partial charge on any atom is 0.216 e. The Kier molecular flexibility index (Phi) is 6.33. The molecule has 0 bridgehead atoms. The van der Waals surface area contributed by atoms with Crippen molar-refractivity contribution >= 4 is 5.91 Å². The van der Waals surface area contributed by atoms with E-state index >= 15 is 0 Å². The zero-order chi connectivity index (χ0) is 16.8. The molecule has 0 radical (unpaired) electrons. The average molecular weight is 326 g/mol. The molecule has 1 heterocycles. The molecule has 2 rings (SSSR count). The lowest BCUT2D eigenvalue weighted by molar-refractivity contribution is -0.119.